The Balaban J connectivity index is 1.89. The average Bonchev–Trinajstić information content (AvgIpc) is 3.06. The van der Waals surface area contributed by atoms with E-state index in [4.69, 9.17) is 9.15 Å². The smallest absolute Gasteiger partial charge is 0.230 e. The van der Waals surface area contributed by atoms with E-state index in [-0.39, 0.29) is 11.7 Å². The first-order valence-corrected chi connectivity index (χ1v) is 7.02. The monoisotopic (exact) mass is 296 g/mol. The Labute approximate surface area is 120 Å². The maximum absolute atomic E-state index is 11.6. The van der Waals surface area contributed by atoms with Crippen molar-refractivity contribution in [3.63, 3.8) is 0 Å². The Morgan fingerprint density at radius 1 is 1.55 bits per heavy atom. The molecule has 0 radical (unpaired) electrons. The molecule has 0 saturated heterocycles. The van der Waals surface area contributed by atoms with Crippen LogP contribution in [0.15, 0.2) is 28.0 Å². The number of carbonyl (C=O) groups is 1. The first kappa shape index (κ1) is 14.6. The van der Waals surface area contributed by atoms with Crippen LogP contribution in [0.25, 0.3) is 11.6 Å². The molecule has 2 aromatic rings. The van der Waals surface area contributed by atoms with Crippen molar-refractivity contribution in [1.29, 1.82) is 0 Å². The fraction of sp³-hybridized carbons (Fsp3) is 0.417. The summed E-state index contributed by atoms with van der Waals surface area (Å²) in [5, 5.41) is 11.5. The summed E-state index contributed by atoms with van der Waals surface area (Å²) in [6.45, 7) is 1.01. The van der Waals surface area contributed by atoms with E-state index in [1.807, 2.05) is 13.1 Å². The molecule has 0 aliphatic carbocycles. The molecule has 108 valence electrons. The van der Waals surface area contributed by atoms with Gasteiger partial charge in [0.05, 0.1) is 18.6 Å². The summed E-state index contributed by atoms with van der Waals surface area (Å²) in [7, 11) is 3.43. The van der Waals surface area contributed by atoms with E-state index in [0.29, 0.717) is 29.9 Å². The van der Waals surface area contributed by atoms with E-state index in [0.717, 1.165) is 0 Å². The van der Waals surface area contributed by atoms with Crippen molar-refractivity contribution in [1.82, 2.24) is 20.1 Å². The van der Waals surface area contributed by atoms with Gasteiger partial charge in [0.15, 0.2) is 16.7 Å². The summed E-state index contributed by atoms with van der Waals surface area (Å²) >= 11 is 1.33. The van der Waals surface area contributed by atoms with Gasteiger partial charge in [-0.25, -0.2) is 0 Å². The van der Waals surface area contributed by atoms with Crippen LogP contribution < -0.4 is 5.32 Å². The first-order chi connectivity index (χ1) is 9.72. The minimum absolute atomic E-state index is 0.0606. The van der Waals surface area contributed by atoms with Crippen LogP contribution in [-0.4, -0.2) is 46.7 Å². The van der Waals surface area contributed by atoms with Gasteiger partial charge < -0.3 is 19.0 Å². The highest BCUT2D eigenvalue weighted by atomic mass is 32.2. The lowest BCUT2D eigenvalue weighted by atomic mass is 10.4. The molecule has 1 amide bonds. The fourth-order valence-electron chi connectivity index (χ4n) is 1.53. The molecule has 0 saturated carbocycles. The molecule has 0 atom stereocenters. The number of ether oxygens (including phenoxy) is 1. The van der Waals surface area contributed by atoms with Crippen molar-refractivity contribution in [2.75, 3.05) is 26.0 Å². The second-order valence-corrected chi connectivity index (χ2v) is 4.92. The molecule has 0 bridgehead atoms. The SMILES string of the molecule is COCCNC(=O)CSc1nnc(-c2ccco2)n1C. The van der Waals surface area contributed by atoms with Crippen LogP contribution in [0.2, 0.25) is 0 Å². The number of nitrogens with zero attached hydrogens (tertiary/aromatic N) is 3. The lowest BCUT2D eigenvalue weighted by Crippen LogP contribution is -2.28. The predicted molar refractivity (Wildman–Crippen MR) is 74.3 cm³/mol. The number of furan rings is 1. The van der Waals surface area contributed by atoms with Crippen LogP contribution in [-0.2, 0) is 16.6 Å². The third-order valence-electron chi connectivity index (χ3n) is 2.54. The van der Waals surface area contributed by atoms with Gasteiger partial charge in [-0.3, -0.25) is 4.79 Å². The molecule has 2 heterocycles. The zero-order valence-electron chi connectivity index (χ0n) is 11.3. The van der Waals surface area contributed by atoms with Crippen molar-refractivity contribution < 1.29 is 13.9 Å². The van der Waals surface area contributed by atoms with Gasteiger partial charge in [0.1, 0.15) is 0 Å². The van der Waals surface area contributed by atoms with Crippen molar-refractivity contribution in [3.8, 4) is 11.6 Å². The van der Waals surface area contributed by atoms with Gasteiger partial charge >= 0.3 is 0 Å². The second-order valence-electron chi connectivity index (χ2n) is 3.97. The molecule has 0 aliphatic rings. The zero-order valence-corrected chi connectivity index (χ0v) is 12.1. The summed E-state index contributed by atoms with van der Waals surface area (Å²) in [4.78, 5) is 11.6. The lowest BCUT2D eigenvalue weighted by molar-refractivity contribution is -0.118. The maximum Gasteiger partial charge on any atom is 0.230 e. The van der Waals surface area contributed by atoms with E-state index in [9.17, 15) is 4.79 Å². The lowest BCUT2D eigenvalue weighted by Gasteiger charge is -2.04. The molecule has 8 heteroatoms. The number of hydrogen-bond donors (Lipinski definition) is 1. The number of methoxy groups -OCH3 is 1. The Morgan fingerprint density at radius 3 is 3.10 bits per heavy atom. The summed E-state index contributed by atoms with van der Waals surface area (Å²) in [5.74, 6) is 1.51. The van der Waals surface area contributed by atoms with Gasteiger partial charge in [0.2, 0.25) is 5.91 Å². The van der Waals surface area contributed by atoms with Crippen LogP contribution in [0.1, 0.15) is 0 Å². The minimum atomic E-state index is -0.0606. The average molecular weight is 296 g/mol. The number of carbonyl (C=O) groups excluding carboxylic acids is 1. The maximum atomic E-state index is 11.6. The van der Waals surface area contributed by atoms with Crippen LogP contribution in [0.4, 0.5) is 0 Å². The summed E-state index contributed by atoms with van der Waals surface area (Å²) in [6.07, 6.45) is 1.58. The normalized spacial score (nSPS) is 10.7. The van der Waals surface area contributed by atoms with Gasteiger partial charge in [0, 0.05) is 20.7 Å². The largest absolute Gasteiger partial charge is 0.461 e. The Kier molecular flexibility index (Phi) is 5.19. The predicted octanol–water partition coefficient (Wildman–Crippen LogP) is 0.930. The highest BCUT2D eigenvalue weighted by Gasteiger charge is 2.14. The Hall–Kier alpha value is -1.80. The Morgan fingerprint density at radius 2 is 2.40 bits per heavy atom. The molecule has 7 nitrogen and oxygen atoms in total. The third kappa shape index (κ3) is 3.61. The van der Waals surface area contributed by atoms with Crippen molar-refractivity contribution >= 4 is 17.7 Å². The molecule has 0 aliphatic heterocycles. The molecule has 0 unspecified atom stereocenters. The number of hydrogen-bond acceptors (Lipinski definition) is 6. The van der Waals surface area contributed by atoms with Gasteiger partial charge in [-0.15, -0.1) is 10.2 Å². The fourth-order valence-corrected chi connectivity index (χ4v) is 2.28. The molecule has 0 spiro atoms. The number of amides is 1. The van der Waals surface area contributed by atoms with E-state index in [2.05, 4.69) is 15.5 Å². The van der Waals surface area contributed by atoms with Crippen LogP contribution in [0, 0.1) is 0 Å². The first-order valence-electron chi connectivity index (χ1n) is 6.04. The van der Waals surface area contributed by atoms with Crippen LogP contribution in [0.3, 0.4) is 0 Å². The second kappa shape index (κ2) is 7.11. The highest BCUT2D eigenvalue weighted by Crippen LogP contribution is 2.22. The molecule has 0 aromatic carbocycles. The molecular weight excluding hydrogens is 280 g/mol. The molecule has 1 N–H and O–H groups in total. The number of thioether (sulfide) groups is 1. The van der Waals surface area contributed by atoms with E-state index >= 15 is 0 Å². The molecular formula is C12H16N4O3S. The van der Waals surface area contributed by atoms with Crippen molar-refractivity contribution in [2.24, 2.45) is 7.05 Å². The number of aromatic nitrogens is 3. The van der Waals surface area contributed by atoms with Crippen LogP contribution in [0.5, 0.6) is 0 Å². The number of nitrogens with one attached hydrogen (secondary N) is 1. The molecule has 20 heavy (non-hydrogen) atoms. The molecule has 0 fully saturated rings. The summed E-state index contributed by atoms with van der Waals surface area (Å²) < 4.78 is 11.9. The van der Waals surface area contributed by atoms with Gasteiger partial charge in [-0.05, 0) is 12.1 Å². The van der Waals surface area contributed by atoms with Gasteiger partial charge in [-0.2, -0.15) is 0 Å². The number of rotatable bonds is 7. The van der Waals surface area contributed by atoms with Crippen molar-refractivity contribution in [2.45, 2.75) is 5.16 Å². The quantitative estimate of drug-likeness (QED) is 0.604. The summed E-state index contributed by atoms with van der Waals surface area (Å²) in [5.41, 5.74) is 0. The van der Waals surface area contributed by atoms with E-state index in [1.165, 1.54) is 11.8 Å². The third-order valence-corrected chi connectivity index (χ3v) is 3.56. The van der Waals surface area contributed by atoms with Crippen molar-refractivity contribution in [3.05, 3.63) is 18.4 Å². The topological polar surface area (TPSA) is 82.2 Å². The van der Waals surface area contributed by atoms with E-state index < -0.39 is 0 Å². The standard InChI is InChI=1S/C12H16N4O3S/c1-16-11(9-4-3-6-19-9)14-15-12(16)20-8-10(17)13-5-7-18-2/h3-4,6H,5,7-8H2,1-2H3,(H,13,17). The molecule has 2 aromatic heterocycles. The van der Waals surface area contributed by atoms with Crippen LogP contribution >= 0.6 is 11.8 Å². The minimum Gasteiger partial charge on any atom is -0.461 e. The highest BCUT2D eigenvalue weighted by molar-refractivity contribution is 7.99. The summed E-state index contributed by atoms with van der Waals surface area (Å²) in [6, 6.07) is 3.61. The molecule has 2 rings (SSSR count). The van der Waals surface area contributed by atoms with Gasteiger partial charge in [-0.1, -0.05) is 11.8 Å². The Bertz CT molecular complexity index is 553. The van der Waals surface area contributed by atoms with Gasteiger partial charge in [0.25, 0.3) is 0 Å². The van der Waals surface area contributed by atoms with E-state index in [1.54, 1.807) is 24.0 Å². The zero-order chi connectivity index (χ0) is 14.4.